The first kappa shape index (κ1) is 22.4. The molecule has 0 fully saturated rings. The number of hydrogen-bond acceptors (Lipinski definition) is 5. The van der Waals surface area contributed by atoms with Crippen LogP contribution in [0.2, 0.25) is 0 Å². The van der Waals surface area contributed by atoms with Gasteiger partial charge in [-0.2, -0.15) is 4.98 Å². The Morgan fingerprint density at radius 2 is 1.94 bits per heavy atom. The number of nitrogens with zero attached hydrogens (tertiary/aromatic N) is 3. The van der Waals surface area contributed by atoms with Crippen molar-refractivity contribution in [2.24, 2.45) is 0 Å². The Hall–Kier alpha value is -3.36. The molecule has 0 spiro atoms. The lowest BCUT2D eigenvalue weighted by Crippen LogP contribution is -2.45. The van der Waals surface area contributed by atoms with Crippen LogP contribution in [0.5, 0.6) is 0 Å². The van der Waals surface area contributed by atoms with E-state index in [-0.39, 0.29) is 11.9 Å². The zero-order valence-electron chi connectivity index (χ0n) is 19.0. The minimum Gasteiger partial charge on any atom is -0.351 e. The summed E-state index contributed by atoms with van der Waals surface area (Å²) in [5.41, 5.74) is 5.81. The van der Waals surface area contributed by atoms with Gasteiger partial charge in [-0.05, 0) is 73.3 Å². The highest BCUT2D eigenvalue weighted by Crippen LogP contribution is 2.38. The van der Waals surface area contributed by atoms with E-state index >= 15 is 0 Å². The van der Waals surface area contributed by atoms with E-state index in [1.54, 1.807) is 23.5 Å². The molecule has 8 heteroatoms. The van der Waals surface area contributed by atoms with Crippen LogP contribution in [-0.2, 0) is 6.54 Å². The minimum atomic E-state index is -0.348. The lowest BCUT2D eigenvalue weighted by Gasteiger charge is -2.37. The fourth-order valence-corrected chi connectivity index (χ4v) is 5.09. The van der Waals surface area contributed by atoms with E-state index in [2.05, 4.69) is 63.9 Å². The van der Waals surface area contributed by atoms with Gasteiger partial charge in [-0.15, -0.1) is 11.3 Å². The van der Waals surface area contributed by atoms with Crippen LogP contribution in [0.25, 0.3) is 17.0 Å². The molecule has 1 N–H and O–H groups in total. The Morgan fingerprint density at radius 1 is 1.09 bits per heavy atom. The van der Waals surface area contributed by atoms with Gasteiger partial charge in [0.1, 0.15) is 5.82 Å². The average Bonchev–Trinajstić information content (AvgIpc) is 3.50. The number of benzene rings is 2. The Kier molecular flexibility index (Phi) is 6.02. The molecule has 1 aliphatic heterocycles. The predicted molar refractivity (Wildman–Crippen MR) is 137 cm³/mol. The van der Waals surface area contributed by atoms with Crippen molar-refractivity contribution in [3.05, 3.63) is 98.9 Å². The van der Waals surface area contributed by atoms with Gasteiger partial charge in [0.15, 0.2) is 5.11 Å². The molecule has 0 saturated carbocycles. The molecule has 2 aromatic heterocycles. The fraction of sp³-hybridized carbons (Fsp3) is 0.192. The molecule has 1 unspecified atom stereocenters. The van der Waals surface area contributed by atoms with E-state index in [1.807, 2.05) is 13.0 Å². The first-order chi connectivity index (χ1) is 16.4. The monoisotopic (exact) mass is 490 g/mol. The molecule has 1 atom stereocenters. The summed E-state index contributed by atoms with van der Waals surface area (Å²) in [6.45, 7) is 6.85. The van der Waals surface area contributed by atoms with Gasteiger partial charge in [-0.3, -0.25) is 0 Å². The molecule has 172 valence electrons. The molecular weight excluding hydrogens is 467 g/mol. The highest BCUT2D eigenvalue weighted by Gasteiger charge is 2.34. The molecular formula is C26H23FN4OS2. The highest BCUT2D eigenvalue weighted by atomic mass is 32.1. The normalized spacial score (nSPS) is 16.2. The molecule has 5 nitrogen and oxygen atoms in total. The SMILES string of the molecule is CC1=C(c2nc(-c3cccc(F)c3)no2)C(c2ccc(C)c(C)c2)NC(=S)N1Cc1cccs1. The molecule has 0 aliphatic carbocycles. The number of aromatic nitrogens is 2. The van der Waals surface area contributed by atoms with E-state index < -0.39 is 0 Å². The number of nitrogens with one attached hydrogen (secondary N) is 1. The smallest absolute Gasteiger partial charge is 0.258 e. The second-order valence-electron chi connectivity index (χ2n) is 8.32. The number of thiophene rings is 1. The standard InChI is InChI=1S/C26H23FN4OS2/c1-15-9-10-18(12-16(15)2)23-22(17(3)31(26(33)28-23)14-21-8-5-11-34-21)25-29-24(30-32-25)19-6-4-7-20(27)13-19/h4-13,23H,14H2,1-3H3,(H,28,33). The first-order valence-corrected chi connectivity index (χ1v) is 12.2. The van der Waals surface area contributed by atoms with Crippen molar-refractivity contribution < 1.29 is 8.91 Å². The number of aryl methyl sites for hydroxylation is 2. The summed E-state index contributed by atoms with van der Waals surface area (Å²) in [4.78, 5) is 7.91. The van der Waals surface area contributed by atoms with Gasteiger partial charge in [0, 0.05) is 16.1 Å². The molecule has 5 rings (SSSR count). The van der Waals surface area contributed by atoms with Gasteiger partial charge in [0.2, 0.25) is 5.82 Å². The van der Waals surface area contributed by atoms with Crippen molar-refractivity contribution >= 4 is 34.2 Å². The summed E-state index contributed by atoms with van der Waals surface area (Å²) < 4.78 is 19.5. The van der Waals surface area contributed by atoms with Crippen molar-refractivity contribution in [2.45, 2.75) is 33.4 Å². The molecule has 34 heavy (non-hydrogen) atoms. The maximum Gasteiger partial charge on any atom is 0.258 e. The maximum atomic E-state index is 13.8. The Balaban J connectivity index is 1.62. The quantitative estimate of drug-likeness (QED) is 0.326. The second-order valence-corrected chi connectivity index (χ2v) is 9.74. The lowest BCUT2D eigenvalue weighted by molar-refractivity contribution is 0.396. The third kappa shape index (κ3) is 4.26. The third-order valence-electron chi connectivity index (χ3n) is 6.09. The lowest BCUT2D eigenvalue weighted by atomic mass is 9.92. The Bertz CT molecular complexity index is 1390. The fourth-order valence-electron chi connectivity index (χ4n) is 4.08. The van der Waals surface area contributed by atoms with Gasteiger partial charge in [0.05, 0.1) is 18.2 Å². The molecule has 0 amide bonds. The molecule has 0 radical (unpaired) electrons. The van der Waals surface area contributed by atoms with Gasteiger partial charge in [-0.25, -0.2) is 4.39 Å². The van der Waals surface area contributed by atoms with Crippen molar-refractivity contribution in [3.63, 3.8) is 0 Å². The summed E-state index contributed by atoms with van der Waals surface area (Å²) in [7, 11) is 0. The average molecular weight is 491 g/mol. The van der Waals surface area contributed by atoms with Gasteiger partial charge >= 0.3 is 0 Å². The van der Waals surface area contributed by atoms with Gasteiger partial charge in [-0.1, -0.05) is 41.6 Å². The molecule has 3 heterocycles. The van der Waals surface area contributed by atoms with E-state index in [9.17, 15) is 4.39 Å². The summed E-state index contributed by atoms with van der Waals surface area (Å²) in [5.74, 6) is 0.372. The summed E-state index contributed by atoms with van der Waals surface area (Å²) in [6, 6.07) is 16.4. The zero-order chi connectivity index (χ0) is 23.8. The molecule has 0 saturated heterocycles. The van der Waals surface area contributed by atoms with E-state index in [0.29, 0.717) is 28.9 Å². The first-order valence-electron chi connectivity index (χ1n) is 10.9. The highest BCUT2D eigenvalue weighted by molar-refractivity contribution is 7.80. The summed E-state index contributed by atoms with van der Waals surface area (Å²) >= 11 is 7.47. The van der Waals surface area contributed by atoms with Crippen LogP contribution < -0.4 is 5.32 Å². The molecule has 2 aromatic carbocycles. The van der Waals surface area contributed by atoms with Crippen LogP contribution in [0.15, 0.2) is 70.2 Å². The topological polar surface area (TPSA) is 54.2 Å². The second kappa shape index (κ2) is 9.12. The number of thiocarbonyl (C=S) groups is 1. The van der Waals surface area contributed by atoms with Crippen LogP contribution in [0.1, 0.15) is 40.4 Å². The molecule has 4 aromatic rings. The van der Waals surface area contributed by atoms with E-state index in [0.717, 1.165) is 16.8 Å². The number of allylic oxidation sites excluding steroid dienone is 1. The number of halogens is 1. The van der Waals surface area contributed by atoms with Crippen LogP contribution in [-0.4, -0.2) is 20.2 Å². The minimum absolute atomic E-state index is 0.257. The van der Waals surface area contributed by atoms with Crippen molar-refractivity contribution in [1.29, 1.82) is 0 Å². The summed E-state index contributed by atoms with van der Waals surface area (Å²) in [5, 5.41) is 10.3. The van der Waals surface area contributed by atoms with Crippen LogP contribution in [0.3, 0.4) is 0 Å². The zero-order valence-corrected chi connectivity index (χ0v) is 20.6. The third-order valence-corrected chi connectivity index (χ3v) is 7.29. The molecule has 0 bridgehead atoms. The number of rotatable bonds is 5. The Morgan fingerprint density at radius 3 is 2.68 bits per heavy atom. The molecule has 1 aliphatic rings. The van der Waals surface area contributed by atoms with E-state index in [4.69, 9.17) is 16.7 Å². The summed E-state index contributed by atoms with van der Waals surface area (Å²) in [6.07, 6.45) is 0. The van der Waals surface area contributed by atoms with Gasteiger partial charge < -0.3 is 14.7 Å². The van der Waals surface area contributed by atoms with Crippen molar-refractivity contribution in [3.8, 4) is 11.4 Å². The number of hydrogen-bond donors (Lipinski definition) is 1. The largest absolute Gasteiger partial charge is 0.351 e. The van der Waals surface area contributed by atoms with Gasteiger partial charge in [0.25, 0.3) is 5.89 Å². The van der Waals surface area contributed by atoms with E-state index in [1.165, 1.54) is 28.1 Å². The maximum absolute atomic E-state index is 13.8. The van der Waals surface area contributed by atoms with Crippen LogP contribution in [0.4, 0.5) is 4.39 Å². The van der Waals surface area contributed by atoms with Crippen molar-refractivity contribution in [2.75, 3.05) is 0 Å². The van der Waals surface area contributed by atoms with Crippen LogP contribution >= 0.6 is 23.6 Å². The Labute approximate surface area is 206 Å². The predicted octanol–water partition coefficient (Wildman–Crippen LogP) is 6.42. The van der Waals surface area contributed by atoms with Crippen LogP contribution in [0, 0.1) is 19.7 Å². The van der Waals surface area contributed by atoms with Crippen molar-refractivity contribution in [1.82, 2.24) is 20.4 Å².